The molecule has 2 amide bonds. The van der Waals surface area contributed by atoms with Gasteiger partial charge in [-0.05, 0) is 38.5 Å². The summed E-state index contributed by atoms with van der Waals surface area (Å²) in [5, 5.41) is 0.979. The second-order valence-corrected chi connectivity index (χ2v) is 7.13. The highest BCUT2D eigenvalue weighted by atomic mass is 32.1. The molecule has 1 aliphatic rings. The normalized spacial score (nSPS) is 16.7. The molecule has 7 heteroatoms. The number of primary amides is 1. The summed E-state index contributed by atoms with van der Waals surface area (Å²) in [6.07, 6.45) is -0.0643. The monoisotopic (exact) mass is 345 g/mol. The van der Waals surface area contributed by atoms with Crippen molar-refractivity contribution in [3.8, 4) is 17.0 Å². The van der Waals surface area contributed by atoms with E-state index in [9.17, 15) is 9.59 Å². The summed E-state index contributed by atoms with van der Waals surface area (Å²) < 4.78 is 5.77. The molecule has 6 nitrogen and oxygen atoms in total. The van der Waals surface area contributed by atoms with Crippen LogP contribution in [-0.2, 0) is 9.59 Å². The average molecular weight is 345 g/mol. The molecule has 126 valence electrons. The summed E-state index contributed by atoms with van der Waals surface area (Å²) in [5.74, 6) is -0.222. The van der Waals surface area contributed by atoms with Crippen molar-refractivity contribution in [2.24, 2.45) is 5.73 Å². The number of rotatable bonds is 4. The molecule has 2 heterocycles. The lowest BCUT2D eigenvalue weighted by atomic mass is 10.1. The van der Waals surface area contributed by atoms with Crippen LogP contribution < -0.4 is 15.4 Å². The summed E-state index contributed by atoms with van der Waals surface area (Å²) in [5.41, 5.74) is 7.65. The van der Waals surface area contributed by atoms with Crippen molar-refractivity contribution in [3.05, 3.63) is 28.1 Å². The number of fused-ring (bicyclic) bond motifs is 1. The van der Waals surface area contributed by atoms with Gasteiger partial charge >= 0.3 is 0 Å². The zero-order valence-electron chi connectivity index (χ0n) is 13.8. The van der Waals surface area contributed by atoms with Crippen LogP contribution in [0.3, 0.4) is 0 Å². The van der Waals surface area contributed by atoms with Crippen molar-refractivity contribution in [2.45, 2.75) is 33.3 Å². The van der Waals surface area contributed by atoms with E-state index in [1.807, 2.05) is 39.0 Å². The van der Waals surface area contributed by atoms with Gasteiger partial charge in [0.25, 0.3) is 5.91 Å². The Morgan fingerprint density at radius 2 is 2.17 bits per heavy atom. The first-order valence-corrected chi connectivity index (χ1v) is 8.57. The second-order valence-electron chi connectivity index (χ2n) is 5.73. The number of benzene rings is 1. The van der Waals surface area contributed by atoms with E-state index in [4.69, 9.17) is 10.5 Å². The first kappa shape index (κ1) is 16.4. The van der Waals surface area contributed by atoms with E-state index in [0.717, 1.165) is 21.1 Å². The van der Waals surface area contributed by atoms with Gasteiger partial charge in [-0.2, -0.15) is 0 Å². The van der Waals surface area contributed by atoms with E-state index in [0.29, 0.717) is 17.9 Å². The maximum absolute atomic E-state index is 12.6. The van der Waals surface area contributed by atoms with Crippen molar-refractivity contribution in [1.82, 2.24) is 4.98 Å². The number of hydrogen-bond donors (Lipinski definition) is 1. The molecule has 0 spiro atoms. The van der Waals surface area contributed by atoms with Crippen LogP contribution in [0.25, 0.3) is 11.3 Å². The smallest absolute Gasteiger partial charge is 0.268 e. The Morgan fingerprint density at radius 3 is 2.75 bits per heavy atom. The standard InChI is InChI=1S/C17H19N3O3S/c1-4-13-17(22)20(8-15(18)21)12-7-11(5-6-14(12)23-13)16-9(2)24-10(3)19-16/h5-7,13H,4,8H2,1-3H3,(H2,18,21). The van der Waals surface area contributed by atoms with E-state index in [2.05, 4.69) is 4.98 Å². The maximum atomic E-state index is 12.6. The Labute approximate surface area is 144 Å². The number of thiazole rings is 1. The highest BCUT2D eigenvalue weighted by Gasteiger charge is 2.34. The average Bonchev–Trinajstić information content (AvgIpc) is 2.87. The van der Waals surface area contributed by atoms with E-state index in [-0.39, 0.29) is 12.5 Å². The number of carbonyl (C=O) groups is 2. The van der Waals surface area contributed by atoms with Crippen LogP contribution in [0, 0.1) is 13.8 Å². The number of amides is 2. The van der Waals surface area contributed by atoms with Gasteiger partial charge in [-0.25, -0.2) is 4.98 Å². The topological polar surface area (TPSA) is 85.5 Å². The lowest BCUT2D eigenvalue weighted by Crippen LogP contribution is -2.48. The lowest BCUT2D eigenvalue weighted by molar-refractivity contribution is -0.128. The summed E-state index contributed by atoms with van der Waals surface area (Å²) in [6, 6.07) is 5.58. The van der Waals surface area contributed by atoms with E-state index in [1.165, 1.54) is 4.90 Å². The summed E-state index contributed by atoms with van der Waals surface area (Å²) in [4.78, 5) is 31.0. The van der Waals surface area contributed by atoms with Crippen LogP contribution >= 0.6 is 11.3 Å². The molecule has 0 fully saturated rings. The number of anilines is 1. The largest absolute Gasteiger partial charge is 0.478 e. The van der Waals surface area contributed by atoms with Gasteiger partial charge in [0, 0.05) is 10.4 Å². The molecule has 2 aromatic rings. The Kier molecular flexibility index (Phi) is 4.28. The molecule has 1 atom stereocenters. The van der Waals surface area contributed by atoms with Gasteiger partial charge in [0.1, 0.15) is 12.3 Å². The number of hydrogen-bond acceptors (Lipinski definition) is 5. The number of carbonyl (C=O) groups excluding carboxylic acids is 2. The van der Waals surface area contributed by atoms with Crippen molar-refractivity contribution in [2.75, 3.05) is 11.4 Å². The molecule has 0 aliphatic carbocycles. The molecule has 0 saturated carbocycles. The fourth-order valence-corrected chi connectivity index (χ4v) is 3.69. The van der Waals surface area contributed by atoms with E-state index >= 15 is 0 Å². The predicted octanol–water partition coefficient (Wildman–Crippen LogP) is 2.42. The third-order valence-electron chi connectivity index (χ3n) is 3.92. The molecular weight excluding hydrogens is 326 g/mol. The SMILES string of the molecule is CCC1Oc2ccc(-c3nc(C)sc3C)cc2N(CC(N)=O)C1=O. The molecule has 1 aromatic heterocycles. The van der Waals surface area contributed by atoms with Crippen LogP contribution in [-0.4, -0.2) is 29.4 Å². The molecule has 0 radical (unpaired) electrons. The number of aryl methyl sites for hydroxylation is 2. The molecule has 3 rings (SSSR count). The highest BCUT2D eigenvalue weighted by Crippen LogP contribution is 2.39. The molecule has 1 unspecified atom stereocenters. The third-order valence-corrected chi connectivity index (χ3v) is 4.81. The number of nitrogens with two attached hydrogens (primary N) is 1. The fourth-order valence-electron chi connectivity index (χ4n) is 2.85. The first-order valence-electron chi connectivity index (χ1n) is 7.75. The minimum Gasteiger partial charge on any atom is -0.478 e. The van der Waals surface area contributed by atoms with Gasteiger partial charge in [0.15, 0.2) is 6.10 Å². The Hall–Kier alpha value is -2.41. The second kappa shape index (κ2) is 6.24. The maximum Gasteiger partial charge on any atom is 0.268 e. The van der Waals surface area contributed by atoms with Gasteiger partial charge in [-0.3, -0.25) is 14.5 Å². The van der Waals surface area contributed by atoms with Gasteiger partial charge in [0.2, 0.25) is 5.91 Å². The minimum absolute atomic E-state index is 0.162. The molecular formula is C17H19N3O3S. The number of nitrogens with zero attached hydrogens (tertiary/aromatic N) is 2. The molecule has 24 heavy (non-hydrogen) atoms. The van der Waals surface area contributed by atoms with Crippen LogP contribution in [0.1, 0.15) is 23.2 Å². The minimum atomic E-state index is -0.592. The highest BCUT2D eigenvalue weighted by molar-refractivity contribution is 7.11. The van der Waals surface area contributed by atoms with Crippen molar-refractivity contribution < 1.29 is 14.3 Å². The molecule has 1 aromatic carbocycles. The van der Waals surface area contributed by atoms with Crippen LogP contribution in [0.5, 0.6) is 5.75 Å². The van der Waals surface area contributed by atoms with Crippen LogP contribution in [0.2, 0.25) is 0 Å². The third kappa shape index (κ3) is 2.87. The Morgan fingerprint density at radius 1 is 1.42 bits per heavy atom. The van der Waals surface area contributed by atoms with Crippen molar-refractivity contribution in [1.29, 1.82) is 0 Å². The Balaban J connectivity index is 2.09. The summed E-state index contributed by atoms with van der Waals surface area (Å²) in [6.45, 7) is 5.67. The van der Waals surface area contributed by atoms with Crippen LogP contribution in [0.4, 0.5) is 5.69 Å². The molecule has 2 N–H and O–H groups in total. The zero-order chi connectivity index (χ0) is 17.4. The van der Waals surface area contributed by atoms with Gasteiger partial charge in [0.05, 0.1) is 16.4 Å². The van der Waals surface area contributed by atoms with E-state index < -0.39 is 12.0 Å². The quantitative estimate of drug-likeness (QED) is 0.922. The lowest BCUT2D eigenvalue weighted by Gasteiger charge is -2.33. The fraction of sp³-hybridized carbons (Fsp3) is 0.353. The number of aromatic nitrogens is 1. The van der Waals surface area contributed by atoms with Crippen molar-refractivity contribution in [3.63, 3.8) is 0 Å². The number of ether oxygens (including phenoxy) is 1. The molecule has 0 bridgehead atoms. The summed E-state index contributed by atoms with van der Waals surface area (Å²) in [7, 11) is 0. The van der Waals surface area contributed by atoms with Gasteiger partial charge in [-0.1, -0.05) is 6.92 Å². The van der Waals surface area contributed by atoms with E-state index in [1.54, 1.807) is 11.3 Å². The molecule has 0 saturated heterocycles. The predicted molar refractivity (Wildman–Crippen MR) is 93.3 cm³/mol. The van der Waals surface area contributed by atoms with Crippen LogP contribution in [0.15, 0.2) is 18.2 Å². The summed E-state index contributed by atoms with van der Waals surface area (Å²) >= 11 is 1.62. The van der Waals surface area contributed by atoms with Crippen molar-refractivity contribution >= 4 is 28.8 Å². The zero-order valence-corrected chi connectivity index (χ0v) is 14.6. The molecule has 1 aliphatic heterocycles. The first-order chi connectivity index (χ1) is 11.4. The van der Waals surface area contributed by atoms with Gasteiger partial charge in [-0.15, -0.1) is 11.3 Å². The Bertz CT molecular complexity index is 815. The van der Waals surface area contributed by atoms with Gasteiger partial charge < -0.3 is 10.5 Å².